The first-order chi connectivity index (χ1) is 12.7. The van der Waals surface area contributed by atoms with Crippen LogP contribution >= 0.6 is 0 Å². The Kier molecular flexibility index (Phi) is 6.19. The van der Waals surface area contributed by atoms with Crippen molar-refractivity contribution in [2.45, 2.75) is 32.0 Å². The monoisotopic (exact) mass is 360 g/mol. The summed E-state index contributed by atoms with van der Waals surface area (Å²) in [7, 11) is 1.51. The van der Waals surface area contributed by atoms with E-state index in [0.29, 0.717) is 36.2 Å². The highest BCUT2D eigenvalue weighted by atomic mass is 16.6. The molecule has 1 heterocycles. The van der Waals surface area contributed by atoms with Crippen molar-refractivity contribution >= 4 is 11.9 Å². The lowest BCUT2D eigenvalue weighted by molar-refractivity contribution is -0.0870. The maximum Gasteiger partial charge on any atom is 0.261 e. The first-order valence-corrected chi connectivity index (χ1v) is 8.75. The van der Waals surface area contributed by atoms with Crippen LogP contribution in [0.5, 0.6) is 5.75 Å². The lowest BCUT2D eigenvalue weighted by Crippen LogP contribution is -2.17. The maximum absolute atomic E-state index is 12.4. The van der Waals surface area contributed by atoms with Gasteiger partial charge in [0.15, 0.2) is 6.29 Å². The number of aliphatic hydroxyl groups is 1. The Morgan fingerprint density at radius 1 is 1.38 bits per heavy atom. The normalized spacial score (nSPS) is 20.7. The second kappa shape index (κ2) is 8.77. The van der Waals surface area contributed by atoms with Crippen LogP contribution in [0.15, 0.2) is 30.6 Å². The number of amides is 1. The standard InChI is InChI=1S/C18H24N4O4/c1-25-16(23)9-12-6-7-13(8-12)10-26-15-5-3-2-4-14(15)17(24)21-18-19-11-20-22-18/h2-5,11-13,16,23H,6-10H2,1H3,(H2,19,20,21,22,24). The molecule has 1 amide bonds. The van der Waals surface area contributed by atoms with Crippen LogP contribution in [0.3, 0.4) is 0 Å². The molecule has 0 aliphatic heterocycles. The average molecular weight is 360 g/mol. The lowest BCUT2D eigenvalue weighted by Gasteiger charge is -2.16. The topological polar surface area (TPSA) is 109 Å². The van der Waals surface area contributed by atoms with Gasteiger partial charge in [0.2, 0.25) is 5.95 Å². The van der Waals surface area contributed by atoms with Gasteiger partial charge in [0.25, 0.3) is 5.91 Å². The third kappa shape index (κ3) is 4.80. The summed E-state index contributed by atoms with van der Waals surface area (Å²) in [5.41, 5.74) is 0.446. The molecule has 3 rings (SSSR count). The summed E-state index contributed by atoms with van der Waals surface area (Å²) in [6, 6.07) is 7.13. The minimum Gasteiger partial charge on any atom is -0.492 e. The van der Waals surface area contributed by atoms with Gasteiger partial charge in [-0.3, -0.25) is 15.2 Å². The van der Waals surface area contributed by atoms with E-state index in [0.717, 1.165) is 19.3 Å². The molecule has 8 nitrogen and oxygen atoms in total. The molecule has 1 fully saturated rings. The van der Waals surface area contributed by atoms with Gasteiger partial charge in [-0.2, -0.15) is 0 Å². The van der Waals surface area contributed by atoms with E-state index in [2.05, 4.69) is 20.5 Å². The number of ether oxygens (including phenoxy) is 2. The van der Waals surface area contributed by atoms with Gasteiger partial charge in [-0.25, -0.2) is 4.98 Å². The Bertz CT molecular complexity index is 707. The molecule has 8 heteroatoms. The van der Waals surface area contributed by atoms with Crippen LogP contribution in [0.4, 0.5) is 5.95 Å². The molecule has 1 aromatic heterocycles. The van der Waals surface area contributed by atoms with E-state index in [1.807, 2.05) is 6.07 Å². The van der Waals surface area contributed by atoms with Crippen molar-refractivity contribution in [2.24, 2.45) is 11.8 Å². The predicted molar refractivity (Wildman–Crippen MR) is 94.7 cm³/mol. The van der Waals surface area contributed by atoms with E-state index < -0.39 is 6.29 Å². The van der Waals surface area contributed by atoms with Crippen molar-refractivity contribution < 1.29 is 19.4 Å². The molecule has 3 N–H and O–H groups in total. The third-order valence-electron chi connectivity index (χ3n) is 4.70. The largest absolute Gasteiger partial charge is 0.492 e. The second-order valence-corrected chi connectivity index (χ2v) is 6.56. The molecular weight excluding hydrogens is 336 g/mol. The summed E-state index contributed by atoms with van der Waals surface area (Å²) in [5.74, 6) is 1.31. The van der Waals surface area contributed by atoms with Crippen molar-refractivity contribution in [3.05, 3.63) is 36.2 Å². The van der Waals surface area contributed by atoms with Crippen LogP contribution in [0.1, 0.15) is 36.0 Å². The number of hydrogen-bond donors (Lipinski definition) is 3. The van der Waals surface area contributed by atoms with Crippen molar-refractivity contribution in [3.63, 3.8) is 0 Å². The number of rotatable bonds is 8. The highest BCUT2D eigenvalue weighted by Gasteiger charge is 2.27. The van der Waals surface area contributed by atoms with Gasteiger partial charge < -0.3 is 14.6 Å². The molecule has 3 atom stereocenters. The van der Waals surface area contributed by atoms with Crippen LogP contribution < -0.4 is 10.1 Å². The van der Waals surface area contributed by atoms with E-state index in [9.17, 15) is 9.90 Å². The number of H-pyrrole nitrogens is 1. The fourth-order valence-corrected chi connectivity index (χ4v) is 3.35. The number of methoxy groups -OCH3 is 1. The summed E-state index contributed by atoms with van der Waals surface area (Å²) >= 11 is 0. The molecule has 2 aromatic rings. The molecule has 1 aliphatic carbocycles. The number of nitrogens with one attached hydrogen (secondary N) is 2. The second-order valence-electron chi connectivity index (χ2n) is 6.56. The average Bonchev–Trinajstić information content (AvgIpc) is 3.32. The van der Waals surface area contributed by atoms with Crippen molar-refractivity contribution in [1.82, 2.24) is 15.2 Å². The van der Waals surface area contributed by atoms with Crippen LogP contribution in [0, 0.1) is 11.8 Å². The fourth-order valence-electron chi connectivity index (χ4n) is 3.35. The van der Waals surface area contributed by atoms with Crippen LogP contribution in [-0.4, -0.2) is 46.2 Å². The van der Waals surface area contributed by atoms with Crippen LogP contribution in [-0.2, 0) is 4.74 Å². The van der Waals surface area contributed by atoms with Gasteiger partial charge in [0.1, 0.15) is 12.1 Å². The van der Waals surface area contributed by atoms with E-state index in [1.165, 1.54) is 13.4 Å². The highest BCUT2D eigenvalue weighted by molar-refractivity contribution is 6.05. The Morgan fingerprint density at radius 2 is 2.19 bits per heavy atom. The molecule has 0 spiro atoms. The minimum absolute atomic E-state index is 0.222. The van der Waals surface area contributed by atoms with Gasteiger partial charge in [0.05, 0.1) is 12.2 Å². The number of benzene rings is 1. The number of anilines is 1. The highest BCUT2D eigenvalue weighted by Crippen LogP contribution is 2.34. The number of carbonyl (C=O) groups is 1. The molecule has 140 valence electrons. The van der Waals surface area contributed by atoms with Crippen molar-refractivity contribution in [3.8, 4) is 5.75 Å². The quantitative estimate of drug-likeness (QED) is 0.623. The summed E-state index contributed by atoms with van der Waals surface area (Å²) in [5, 5.41) is 18.6. The number of para-hydroxylation sites is 1. The third-order valence-corrected chi connectivity index (χ3v) is 4.70. The van der Waals surface area contributed by atoms with Gasteiger partial charge in [-0.1, -0.05) is 12.1 Å². The van der Waals surface area contributed by atoms with E-state index in [-0.39, 0.29) is 11.9 Å². The predicted octanol–water partition coefficient (Wildman–Crippen LogP) is 2.21. The summed E-state index contributed by atoms with van der Waals surface area (Å²) in [4.78, 5) is 16.3. The molecule has 26 heavy (non-hydrogen) atoms. The lowest BCUT2D eigenvalue weighted by atomic mass is 10.0. The van der Waals surface area contributed by atoms with Crippen molar-refractivity contribution in [2.75, 3.05) is 19.0 Å². The number of aliphatic hydroxyl groups excluding tert-OH is 1. The van der Waals surface area contributed by atoms with Gasteiger partial charge in [-0.05, 0) is 43.2 Å². The first kappa shape index (κ1) is 18.3. The summed E-state index contributed by atoms with van der Waals surface area (Å²) in [6.45, 7) is 0.546. The zero-order valence-electron chi connectivity index (χ0n) is 14.7. The SMILES string of the molecule is COC(O)CC1CCC(COc2ccccc2C(=O)Nc2nc[nH]n2)C1. The first-order valence-electron chi connectivity index (χ1n) is 8.75. The number of hydrogen-bond acceptors (Lipinski definition) is 6. The molecular formula is C18H24N4O4. The molecule has 1 saturated carbocycles. The smallest absolute Gasteiger partial charge is 0.261 e. The molecule has 1 aliphatic rings. The van der Waals surface area contributed by atoms with Crippen molar-refractivity contribution in [1.29, 1.82) is 0 Å². The van der Waals surface area contributed by atoms with Crippen LogP contribution in [0.2, 0.25) is 0 Å². The maximum atomic E-state index is 12.4. The number of aromatic nitrogens is 3. The van der Waals surface area contributed by atoms with Crippen LogP contribution in [0.25, 0.3) is 0 Å². The van der Waals surface area contributed by atoms with Gasteiger partial charge in [-0.15, -0.1) is 5.10 Å². The number of carbonyl (C=O) groups excluding carboxylic acids is 1. The molecule has 0 bridgehead atoms. The van der Waals surface area contributed by atoms with E-state index in [4.69, 9.17) is 9.47 Å². The van der Waals surface area contributed by atoms with Gasteiger partial charge >= 0.3 is 0 Å². The summed E-state index contributed by atoms with van der Waals surface area (Å²) in [6.07, 6.45) is 4.46. The molecule has 1 aromatic carbocycles. The van der Waals surface area contributed by atoms with E-state index >= 15 is 0 Å². The zero-order chi connectivity index (χ0) is 18.4. The minimum atomic E-state index is -0.695. The molecule has 0 saturated heterocycles. The Labute approximate surface area is 151 Å². The Hall–Kier alpha value is -2.45. The fraction of sp³-hybridized carbons (Fsp3) is 0.500. The summed E-state index contributed by atoms with van der Waals surface area (Å²) < 4.78 is 10.9. The Morgan fingerprint density at radius 3 is 2.96 bits per heavy atom. The van der Waals surface area contributed by atoms with E-state index in [1.54, 1.807) is 18.2 Å². The number of nitrogens with zero attached hydrogens (tertiary/aromatic N) is 2. The zero-order valence-corrected chi connectivity index (χ0v) is 14.7. The molecule has 3 unspecified atom stereocenters. The Balaban J connectivity index is 1.55. The molecule has 0 radical (unpaired) electrons. The van der Waals surface area contributed by atoms with Gasteiger partial charge in [0, 0.05) is 13.5 Å². The number of aromatic amines is 1.